The zero-order valence-corrected chi connectivity index (χ0v) is 10.1. The fraction of sp³-hybridized carbons (Fsp3) is 0.889. The molecule has 0 aliphatic carbocycles. The van der Waals surface area contributed by atoms with Crippen LogP contribution in [0, 0.1) is 5.41 Å². The van der Waals surface area contributed by atoms with Crippen LogP contribution in [0.1, 0.15) is 0 Å². The van der Waals surface area contributed by atoms with Gasteiger partial charge in [-0.05, 0) is 0 Å². The van der Waals surface area contributed by atoms with Crippen LogP contribution in [0.2, 0.25) is 0 Å². The molecule has 0 aromatic heterocycles. The van der Waals surface area contributed by atoms with E-state index in [1.54, 1.807) is 0 Å². The SMILES string of the molecule is COC(=N)CSC1OC(CO)[C@H](O)[C@H](O)[C@H]1O. The van der Waals surface area contributed by atoms with Crippen molar-refractivity contribution in [3.8, 4) is 0 Å². The summed E-state index contributed by atoms with van der Waals surface area (Å²) in [5.74, 6) is 0.172. The summed E-state index contributed by atoms with van der Waals surface area (Å²) in [5.41, 5.74) is -0.818. The van der Waals surface area contributed by atoms with Crippen molar-refractivity contribution >= 4 is 17.7 Å². The smallest absolute Gasteiger partial charge is 0.190 e. The first-order chi connectivity index (χ1) is 8.01. The van der Waals surface area contributed by atoms with E-state index in [0.29, 0.717) is 0 Å². The van der Waals surface area contributed by atoms with Gasteiger partial charge in [0.1, 0.15) is 29.9 Å². The lowest BCUT2D eigenvalue weighted by molar-refractivity contribution is -0.205. The molecule has 1 saturated heterocycles. The molecule has 7 nitrogen and oxygen atoms in total. The summed E-state index contributed by atoms with van der Waals surface area (Å²) >= 11 is 1.06. The molecule has 1 fully saturated rings. The zero-order valence-electron chi connectivity index (χ0n) is 9.31. The second-order valence-electron chi connectivity index (χ2n) is 3.64. The first-order valence-electron chi connectivity index (χ1n) is 5.04. The van der Waals surface area contributed by atoms with E-state index in [2.05, 4.69) is 4.74 Å². The van der Waals surface area contributed by atoms with E-state index in [4.69, 9.17) is 15.3 Å². The zero-order chi connectivity index (χ0) is 13.0. The lowest BCUT2D eigenvalue weighted by Gasteiger charge is -2.39. The molecule has 5 N–H and O–H groups in total. The van der Waals surface area contributed by atoms with E-state index in [0.717, 1.165) is 11.8 Å². The van der Waals surface area contributed by atoms with E-state index < -0.39 is 36.5 Å². The second kappa shape index (κ2) is 6.53. The third-order valence-corrected chi connectivity index (χ3v) is 3.62. The molecule has 0 aromatic carbocycles. The van der Waals surface area contributed by atoms with Crippen molar-refractivity contribution in [3.63, 3.8) is 0 Å². The molecule has 1 aliphatic rings. The molecule has 2 unspecified atom stereocenters. The lowest BCUT2D eigenvalue weighted by atomic mass is 10.0. The molecule has 17 heavy (non-hydrogen) atoms. The van der Waals surface area contributed by atoms with Crippen LogP contribution in [0.15, 0.2) is 0 Å². The summed E-state index contributed by atoms with van der Waals surface area (Å²) in [6.07, 6.45) is -4.92. The average molecular weight is 267 g/mol. The number of thioether (sulfide) groups is 1. The van der Waals surface area contributed by atoms with Crippen LogP contribution in [0.25, 0.3) is 0 Å². The van der Waals surface area contributed by atoms with Gasteiger partial charge in [0.25, 0.3) is 0 Å². The molecule has 1 heterocycles. The van der Waals surface area contributed by atoms with Gasteiger partial charge in [0.15, 0.2) is 5.90 Å². The Morgan fingerprint density at radius 3 is 2.47 bits per heavy atom. The van der Waals surface area contributed by atoms with Crippen LogP contribution in [0.3, 0.4) is 0 Å². The van der Waals surface area contributed by atoms with Crippen molar-refractivity contribution in [2.24, 2.45) is 0 Å². The van der Waals surface area contributed by atoms with Crippen LogP contribution < -0.4 is 0 Å². The number of hydrogen-bond donors (Lipinski definition) is 5. The first kappa shape index (κ1) is 14.7. The molecule has 0 aromatic rings. The lowest BCUT2D eigenvalue weighted by Crippen LogP contribution is -2.57. The van der Waals surface area contributed by atoms with Gasteiger partial charge in [-0.2, -0.15) is 0 Å². The Hall–Kier alpha value is -0.380. The van der Waals surface area contributed by atoms with E-state index in [-0.39, 0.29) is 11.7 Å². The van der Waals surface area contributed by atoms with Gasteiger partial charge in [0, 0.05) is 0 Å². The normalized spacial score (nSPS) is 37.8. The predicted octanol–water partition coefficient (Wildman–Crippen LogP) is -1.86. The van der Waals surface area contributed by atoms with Crippen LogP contribution in [0.4, 0.5) is 0 Å². The number of aliphatic hydroxyl groups is 4. The highest BCUT2D eigenvalue weighted by molar-refractivity contribution is 8.00. The van der Waals surface area contributed by atoms with Crippen molar-refractivity contribution in [2.75, 3.05) is 19.5 Å². The minimum absolute atomic E-state index is 0.00644. The maximum atomic E-state index is 9.66. The van der Waals surface area contributed by atoms with Crippen LogP contribution >= 0.6 is 11.8 Å². The number of rotatable bonds is 4. The van der Waals surface area contributed by atoms with E-state index in [1.807, 2.05) is 0 Å². The Morgan fingerprint density at radius 1 is 1.29 bits per heavy atom. The van der Waals surface area contributed by atoms with Gasteiger partial charge in [-0.3, -0.25) is 5.41 Å². The quantitative estimate of drug-likeness (QED) is 0.299. The van der Waals surface area contributed by atoms with Gasteiger partial charge in [0.05, 0.1) is 19.5 Å². The number of aliphatic hydroxyl groups excluding tert-OH is 4. The monoisotopic (exact) mass is 267 g/mol. The highest BCUT2D eigenvalue weighted by Gasteiger charge is 2.43. The molecule has 1 rings (SSSR count). The van der Waals surface area contributed by atoms with Gasteiger partial charge >= 0.3 is 0 Å². The fourth-order valence-electron chi connectivity index (χ4n) is 1.42. The Bertz CT molecular complexity index is 264. The topological polar surface area (TPSA) is 123 Å². The van der Waals surface area contributed by atoms with E-state index in [1.165, 1.54) is 7.11 Å². The minimum Gasteiger partial charge on any atom is -0.484 e. The molecule has 0 amide bonds. The highest BCUT2D eigenvalue weighted by Crippen LogP contribution is 2.28. The average Bonchev–Trinajstić information content (AvgIpc) is 2.34. The van der Waals surface area contributed by atoms with E-state index >= 15 is 0 Å². The number of ether oxygens (including phenoxy) is 2. The van der Waals surface area contributed by atoms with Gasteiger partial charge < -0.3 is 29.9 Å². The number of hydrogen-bond acceptors (Lipinski definition) is 8. The molecule has 0 radical (unpaired) electrons. The maximum Gasteiger partial charge on any atom is 0.190 e. The standard InChI is InChI=1S/C9H17NO6S/c1-15-5(10)3-17-9-8(14)7(13)6(12)4(2-11)16-9/h4,6-14H,2-3H2,1H3/t4?,6-,7-,8+,9?/m0/s1. The predicted molar refractivity (Wildman–Crippen MR) is 61.0 cm³/mol. The molecule has 0 bridgehead atoms. The van der Waals surface area contributed by atoms with Gasteiger partial charge in [-0.25, -0.2) is 0 Å². The molecule has 1 aliphatic heterocycles. The summed E-state index contributed by atoms with van der Waals surface area (Å²) in [7, 11) is 1.36. The summed E-state index contributed by atoms with van der Waals surface area (Å²) in [6.45, 7) is -0.455. The van der Waals surface area contributed by atoms with Crippen molar-refractivity contribution < 1.29 is 29.9 Å². The molecule has 0 spiro atoms. The largest absolute Gasteiger partial charge is 0.484 e. The Balaban J connectivity index is 2.56. The molecule has 100 valence electrons. The van der Waals surface area contributed by atoms with Crippen molar-refractivity contribution in [1.29, 1.82) is 5.41 Å². The Morgan fingerprint density at radius 2 is 1.94 bits per heavy atom. The van der Waals surface area contributed by atoms with Crippen LogP contribution in [-0.4, -0.2) is 75.6 Å². The summed E-state index contributed by atoms with van der Waals surface area (Å²) < 4.78 is 9.87. The molecule has 5 atom stereocenters. The maximum absolute atomic E-state index is 9.66. The van der Waals surface area contributed by atoms with Crippen molar-refractivity contribution in [2.45, 2.75) is 29.9 Å². The van der Waals surface area contributed by atoms with Gasteiger partial charge in [0.2, 0.25) is 0 Å². The third kappa shape index (κ3) is 3.54. The Labute approximate surface area is 103 Å². The van der Waals surface area contributed by atoms with Crippen LogP contribution in [0.5, 0.6) is 0 Å². The van der Waals surface area contributed by atoms with Crippen molar-refractivity contribution in [3.05, 3.63) is 0 Å². The minimum atomic E-state index is -1.38. The fourth-order valence-corrected chi connectivity index (χ4v) is 2.43. The third-order valence-electron chi connectivity index (χ3n) is 2.47. The number of methoxy groups -OCH3 is 1. The van der Waals surface area contributed by atoms with Gasteiger partial charge in [-0.15, -0.1) is 11.8 Å². The molecule has 8 heteroatoms. The molecule has 0 saturated carbocycles. The summed E-state index contributed by atoms with van der Waals surface area (Å²) in [5, 5.41) is 44.9. The summed E-state index contributed by atoms with van der Waals surface area (Å²) in [6, 6.07) is 0. The Kier molecular flexibility index (Phi) is 5.63. The number of nitrogens with one attached hydrogen (secondary N) is 1. The molecular weight excluding hydrogens is 250 g/mol. The molecular formula is C9H17NO6S. The van der Waals surface area contributed by atoms with Gasteiger partial charge in [-0.1, -0.05) is 0 Å². The van der Waals surface area contributed by atoms with E-state index in [9.17, 15) is 15.3 Å². The first-order valence-corrected chi connectivity index (χ1v) is 6.09. The highest BCUT2D eigenvalue weighted by atomic mass is 32.2. The second-order valence-corrected chi connectivity index (χ2v) is 4.72. The van der Waals surface area contributed by atoms with Crippen molar-refractivity contribution in [1.82, 2.24) is 0 Å². The van der Waals surface area contributed by atoms with Crippen LogP contribution in [-0.2, 0) is 9.47 Å². The summed E-state index contributed by atoms with van der Waals surface area (Å²) in [4.78, 5) is 0.